The zero-order chi connectivity index (χ0) is 12.5. The second-order valence-electron chi connectivity index (χ2n) is 4.31. The summed E-state index contributed by atoms with van der Waals surface area (Å²) in [6.07, 6.45) is 0.980. The topological polar surface area (TPSA) is 95.2 Å². The maximum Gasteiger partial charge on any atom is 0.322 e. The molecule has 94 valence electrons. The maximum atomic E-state index is 5.57. The van der Waals surface area contributed by atoms with Crippen LogP contribution in [0.15, 0.2) is 0 Å². The molecule has 1 fully saturated rings. The van der Waals surface area contributed by atoms with Crippen LogP contribution in [-0.4, -0.2) is 40.3 Å². The first kappa shape index (κ1) is 11.8. The van der Waals surface area contributed by atoms with E-state index in [2.05, 4.69) is 27.2 Å². The summed E-state index contributed by atoms with van der Waals surface area (Å²) < 4.78 is 10.5. The van der Waals surface area contributed by atoms with Crippen molar-refractivity contribution in [1.82, 2.24) is 15.0 Å². The number of methoxy groups -OCH3 is 1. The lowest BCUT2D eigenvalue weighted by Gasteiger charge is -2.28. The Balaban J connectivity index is 2.20. The molecule has 0 saturated carbocycles. The van der Waals surface area contributed by atoms with Crippen molar-refractivity contribution in [3.63, 3.8) is 0 Å². The normalized spacial score (nSPS) is 28.1. The van der Waals surface area contributed by atoms with Crippen molar-refractivity contribution in [3.05, 3.63) is 0 Å². The predicted octanol–water partition coefficient (Wildman–Crippen LogP) is 0.442. The van der Waals surface area contributed by atoms with Gasteiger partial charge < -0.3 is 20.5 Å². The van der Waals surface area contributed by atoms with E-state index in [-0.39, 0.29) is 23.6 Å². The first-order valence-electron chi connectivity index (χ1n) is 5.49. The van der Waals surface area contributed by atoms with Gasteiger partial charge >= 0.3 is 6.01 Å². The summed E-state index contributed by atoms with van der Waals surface area (Å²) >= 11 is 0. The fourth-order valence-electron chi connectivity index (χ4n) is 1.77. The van der Waals surface area contributed by atoms with Crippen molar-refractivity contribution in [3.8, 4) is 6.01 Å². The highest BCUT2D eigenvalue weighted by Crippen LogP contribution is 2.28. The molecule has 2 atom stereocenters. The van der Waals surface area contributed by atoms with Crippen molar-refractivity contribution in [2.75, 3.05) is 24.8 Å². The fraction of sp³-hybridized carbons (Fsp3) is 0.700. The Hall–Kier alpha value is -1.63. The van der Waals surface area contributed by atoms with E-state index >= 15 is 0 Å². The van der Waals surface area contributed by atoms with Gasteiger partial charge in [-0.15, -0.1) is 0 Å². The average Bonchev–Trinajstić information content (AvgIpc) is 2.58. The van der Waals surface area contributed by atoms with Crippen LogP contribution in [0.1, 0.15) is 20.3 Å². The number of ether oxygens (including phenoxy) is 2. The molecule has 1 aromatic heterocycles. The summed E-state index contributed by atoms with van der Waals surface area (Å²) in [5.41, 5.74) is 5.38. The number of hydrogen-bond donors (Lipinski definition) is 2. The van der Waals surface area contributed by atoms with Crippen molar-refractivity contribution in [2.24, 2.45) is 0 Å². The first-order chi connectivity index (χ1) is 8.03. The van der Waals surface area contributed by atoms with Crippen LogP contribution in [0.4, 0.5) is 11.9 Å². The number of hydrogen-bond acceptors (Lipinski definition) is 7. The van der Waals surface area contributed by atoms with E-state index in [4.69, 9.17) is 15.2 Å². The van der Waals surface area contributed by atoms with Crippen LogP contribution < -0.4 is 15.8 Å². The molecular formula is C10H17N5O2. The number of nitrogens with one attached hydrogen (secondary N) is 1. The van der Waals surface area contributed by atoms with Crippen LogP contribution in [0.3, 0.4) is 0 Å². The molecule has 1 aromatic rings. The van der Waals surface area contributed by atoms with Crippen LogP contribution in [0.5, 0.6) is 6.01 Å². The van der Waals surface area contributed by atoms with E-state index in [0.29, 0.717) is 5.95 Å². The number of nitrogens with zero attached hydrogens (tertiary/aromatic N) is 3. The van der Waals surface area contributed by atoms with Gasteiger partial charge in [0.1, 0.15) is 0 Å². The summed E-state index contributed by atoms with van der Waals surface area (Å²) in [5.74, 6) is 0.545. The first-order valence-corrected chi connectivity index (χ1v) is 5.49. The summed E-state index contributed by atoms with van der Waals surface area (Å²) in [5, 5.41) is 3.24. The largest absolute Gasteiger partial charge is 0.467 e. The van der Waals surface area contributed by atoms with Crippen LogP contribution in [0, 0.1) is 0 Å². The third-order valence-corrected chi connectivity index (χ3v) is 3.10. The SMILES string of the molecule is COc1nc(N)nc(NC2(C)CCOC2C)n1. The van der Waals surface area contributed by atoms with Gasteiger partial charge in [0.25, 0.3) is 0 Å². The highest BCUT2D eigenvalue weighted by Gasteiger charge is 2.37. The second kappa shape index (κ2) is 4.33. The highest BCUT2D eigenvalue weighted by atomic mass is 16.5. The van der Waals surface area contributed by atoms with Crippen LogP contribution in [0.25, 0.3) is 0 Å². The van der Waals surface area contributed by atoms with Gasteiger partial charge in [-0.05, 0) is 20.3 Å². The van der Waals surface area contributed by atoms with E-state index in [1.807, 2.05) is 6.92 Å². The van der Waals surface area contributed by atoms with Gasteiger partial charge in [-0.2, -0.15) is 15.0 Å². The van der Waals surface area contributed by atoms with Gasteiger partial charge in [0.15, 0.2) is 0 Å². The van der Waals surface area contributed by atoms with Gasteiger partial charge in [0.05, 0.1) is 18.8 Å². The summed E-state index contributed by atoms with van der Waals surface area (Å²) in [6, 6.07) is 0.204. The monoisotopic (exact) mass is 239 g/mol. The number of anilines is 2. The van der Waals surface area contributed by atoms with Crippen molar-refractivity contribution < 1.29 is 9.47 Å². The standard InChI is InChI=1S/C10H17N5O2/c1-6-10(2,4-5-17-6)15-8-12-7(11)13-9(14-8)16-3/h6H,4-5H2,1-3H3,(H3,11,12,13,14,15). The Morgan fingerprint density at radius 1 is 1.47 bits per heavy atom. The Morgan fingerprint density at radius 3 is 2.82 bits per heavy atom. The minimum absolute atomic E-state index is 0.0893. The van der Waals surface area contributed by atoms with Crippen molar-refractivity contribution in [2.45, 2.75) is 31.9 Å². The minimum atomic E-state index is -0.196. The Labute approximate surface area is 99.8 Å². The zero-order valence-corrected chi connectivity index (χ0v) is 10.2. The van der Waals surface area contributed by atoms with E-state index in [0.717, 1.165) is 13.0 Å². The summed E-state index contributed by atoms with van der Waals surface area (Å²) in [4.78, 5) is 12.0. The van der Waals surface area contributed by atoms with Crippen LogP contribution >= 0.6 is 0 Å². The molecule has 7 nitrogen and oxygen atoms in total. The molecule has 2 unspecified atom stereocenters. The number of rotatable bonds is 3. The Bertz CT molecular complexity index is 414. The summed E-state index contributed by atoms with van der Waals surface area (Å²) in [6.45, 7) is 4.81. The molecule has 2 rings (SSSR count). The molecule has 1 saturated heterocycles. The quantitative estimate of drug-likeness (QED) is 0.790. The molecule has 0 radical (unpaired) electrons. The van der Waals surface area contributed by atoms with Gasteiger partial charge in [-0.1, -0.05) is 0 Å². The van der Waals surface area contributed by atoms with E-state index in [1.165, 1.54) is 7.11 Å². The van der Waals surface area contributed by atoms with Crippen molar-refractivity contribution in [1.29, 1.82) is 0 Å². The van der Waals surface area contributed by atoms with Crippen LogP contribution in [-0.2, 0) is 4.74 Å². The molecule has 0 bridgehead atoms. The molecular weight excluding hydrogens is 222 g/mol. The maximum absolute atomic E-state index is 5.57. The Kier molecular flexibility index (Phi) is 3.01. The molecule has 0 aromatic carbocycles. The lowest BCUT2D eigenvalue weighted by atomic mass is 9.95. The molecule has 2 heterocycles. The molecule has 17 heavy (non-hydrogen) atoms. The van der Waals surface area contributed by atoms with E-state index in [1.54, 1.807) is 0 Å². The second-order valence-corrected chi connectivity index (χ2v) is 4.31. The van der Waals surface area contributed by atoms with Gasteiger partial charge in [-0.3, -0.25) is 0 Å². The lowest BCUT2D eigenvalue weighted by Crippen LogP contribution is -2.41. The summed E-state index contributed by atoms with van der Waals surface area (Å²) in [7, 11) is 1.49. The number of nitrogen functional groups attached to an aromatic ring is 1. The Morgan fingerprint density at radius 2 is 2.24 bits per heavy atom. The van der Waals surface area contributed by atoms with Gasteiger partial charge in [0, 0.05) is 6.61 Å². The van der Waals surface area contributed by atoms with Crippen LogP contribution in [0.2, 0.25) is 0 Å². The average molecular weight is 239 g/mol. The molecule has 1 aliphatic heterocycles. The molecule has 0 amide bonds. The molecule has 0 aliphatic carbocycles. The number of nitrogens with two attached hydrogens (primary N) is 1. The smallest absolute Gasteiger partial charge is 0.322 e. The van der Waals surface area contributed by atoms with Crippen molar-refractivity contribution >= 4 is 11.9 Å². The fourth-order valence-corrected chi connectivity index (χ4v) is 1.77. The number of aromatic nitrogens is 3. The predicted molar refractivity (Wildman–Crippen MR) is 62.9 cm³/mol. The molecule has 7 heteroatoms. The zero-order valence-electron chi connectivity index (χ0n) is 10.2. The lowest BCUT2D eigenvalue weighted by molar-refractivity contribution is 0.105. The molecule has 1 aliphatic rings. The molecule has 0 spiro atoms. The third-order valence-electron chi connectivity index (χ3n) is 3.10. The van der Waals surface area contributed by atoms with Gasteiger partial charge in [0.2, 0.25) is 11.9 Å². The third kappa shape index (κ3) is 2.38. The van der Waals surface area contributed by atoms with E-state index in [9.17, 15) is 0 Å². The molecule has 3 N–H and O–H groups in total. The highest BCUT2D eigenvalue weighted by molar-refractivity contribution is 5.36. The van der Waals surface area contributed by atoms with Gasteiger partial charge in [-0.25, -0.2) is 0 Å². The minimum Gasteiger partial charge on any atom is -0.467 e. The van der Waals surface area contributed by atoms with E-state index < -0.39 is 0 Å².